The topological polar surface area (TPSA) is 90.9 Å². The lowest BCUT2D eigenvalue weighted by atomic mass is 10.00. The summed E-state index contributed by atoms with van der Waals surface area (Å²) in [6, 6.07) is 1.76. The van der Waals surface area contributed by atoms with Crippen molar-refractivity contribution in [2.45, 2.75) is 25.8 Å². The molecule has 0 aliphatic heterocycles. The van der Waals surface area contributed by atoms with Crippen LogP contribution in [0, 0.1) is 0 Å². The van der Waals surface area contributed by atoms with Gasteiger partial charge in [0.2, 0.25) is 0 Å². The van der Waals surface area contributed by atoms with Crippen molar-refractivity contribution in [2.24, 2.45) is 0 Å². The molecule has 1 unspecified atom stereocenters. The Morgan fingerprint density at radius 1 is 1.56 bits per heavy atom. The van der Waals surface area contributed by atoms with Crippen LogP contribution in [0.2, 0.25) is 0 Å². The van der Waals surface area contributed by atoms with Crippen LogP contribution in [-0.2, 0) is 0 Å². The number of carbonyl (C=O) groups is 1. The summed E-state index contributed by atoms with van der Waals surface area (Å²) < 4.78 is 0. The zero-order chi connectivity index (χ0) is 13.2. The highest BCUT2D eigenvalue weighted by Crippen LogP contribution is 2.15. The lowest BCUT2D eigenvalue weighted by molar-refractivity contribution is 0.0844. The number of amides is 1. The molecule has 1 amide bonds. The van der Waals surface area contributed by atoms with Gasteiger partial charge in [0, 0.05) is 6.20 Å². The summed E-state index contributed by atoms with van der Waals surface area (Å²) in [7, 11) is 0. The number of carbonyl (C=O) groups excluding carboxylic acids is 1. The van der Waals surface area contributed by atoms with E-state index in [2.05, 4.69) is 20.3 Å². The number of nitrogens with one attached hydrogen (secondary N) is 2. The number of aromatic nitrogens is 3. The number of rotatable bonds is 4. The summed E-state index contributed by atoms with van der Waals surface area (Å²) >= 11 is 0. The molecule has 96 valence electrons. The Hall–Kier alpha value is -1.95. The van der Waals surface area contributed by atoms with E-state index < -0.39 is 5.54 Å². The molecule has 0 bridgehead atoms. The minimum Gasteiger partial charge on any atom is -0.394 e. The molecule has 2 rings (SSSR count). The molecule has 0 saturated heterocycles. The maximum atomic E-state index is 12.2. The number of aliphatic hydroxyl groups is 1. The first kappa shape index (κ1) is 12.5. The summed E-state index contributed by atoms with van der Waals surface area (Å²) in [5.74, 6) is -0.305. The zero-order valence-corrected chi connectivity index (χ0v) is 10.4. The van der Waals surface area contributed by atoms with Crippen molar-refractivity contribution in [2.75, 3.05) is 6.61 Å². The van der Waals surface area contributed by atoms with Gasteiger partial charge in [-0.25, -0.2) is 9.97 Å². The quantitative estimate of drug-likeness (QED) is 0.748. The second-order valence-electron chi connectivity index (χ2n) is 4.49. The first-order valence-corrected chi connectivity index (χ1v) is 5.81. The van der Waals surface area contributed by atoms with Crippen LogP contribution in [0.25, 0.3) is 11.0 Å². The Morgan fingerprint density at radius 2 is 2.33 bits per heavy atom. The number of aliphatic hydroxyl groups excluding tert-OH is 1. The molecule has 0 aliphatic carbocycles. The third-order valence-corrected chi connectivity index (χ3v) is 3.11. The molecule has 0 fully saturated rings. The van der Waals surface area contributed by atoms with Crippen molar-refractivity contribution in [1.82, 2.24) is 20.3 Å². The molecule has 2 aromatic rings. The fourth-order valence-corrected chi connectivity index (χ4v) is 1.63. The van der Waals surface area contributed by atoms with Gasteiger partial charge in [-0.15, -0.1) is 0 Å². The highest BCUT2D eigenvalue weighted by Gasteiger charge is 2.25. The SMILES string of the molecule is CCC(C)(CO)NC(=O)c1ncnc2[nH]ccc12. The van der Waals surface area contributed by atoms with E-state index >= 15 is 0 Å². The highest BCUT2D eigenvalue weighted by atomic mass is 16.3. The third kappa shape index (κ3) is 2.19. The number of hydrogen-bond donors (Lipinski definition) is 3. The molecule has 2 aromatic heterocycles. The molecule has 0 aromatic carbocycles. The van der Waals surface area contributed by atoms with Gasteiger partial charge in [-0.05, 0) is 19.4 Å². The average molecular weight is 248 g/mol. The molecule has 18 heavy (non-hydrogen) atoms. The molecule has 6 nitrogen and oxygen atoms in total. The first-order valence-electron chi connectivity index (χ1n) is 5.81. The first-order chi connectivity index (χ1) is 8.59. The maximum absolute atomic E-state index is 12.2. The summed E-state index contributed by atoms with van der Waals surface area (Å²) in [5, 5.41) is 12.8. The van der Waals surface area contributed by atoms with Gasteiger partial charge >= 0.3 is 0 Å². The number of fused-ring (bicyclic) bond motifs is 1. The van der Waals surface area contributed by atoms with E-state index in [0.717, 1.165) is 0 Å². The van der Waals surface area contributed by atoms with Crippen LogP contribution < -0.4 is 5.32 Å². The Balaban J connectivity index is 2.31. The maximum Gasteiger partial charge on any atom is 0.271 e. The third-order valence-electron chi connectivity index (χ3n) is 3.11. The minimum absolute atomic E-state index is 0.114. The zero-order valence-electron chi connectivity index (χ0n) is 10.4. The lowest BCUT2D eigenvalue weighted by Crippen LogP contribution is -2.48. The van der Waals surface area contributed by atoms with Crippen molar-refractivity contribution in [3.05, 3.63) is 24.3 Å². The molecule has 6 heteroatoms. The van der Waals surface area contributed by atoms with E-state index in [1.807, 2.05) is 6.92 Å². The van der Waals surface area contributed by atoms with Gasteiger partial charge in [-0.3, -0.25) is 4.79 Å². The van der Waals surface area contributed by atoms with Gasteiger partial charge < -0.3 is 15.4 Å². The van der Waals surface area contributed by atoms with Crippen molar-refractivity contribution in [3.8, 4) is 0 Å². The van der Waals surface area contributed by atoms with E-state index in [4.69, 9.17) is 0 Å². The van der Waals surface area contributed by atoms with Gasteiger partial charge in [0.15, 0.2) is 0 Å². The standard InChI is InChI=1S/C12H16N4O2/c1-3-12(2,6-17)16-11(18)9-8-4-5-13-10(8)15-7-14-9/h4-5,7,17H,3,6H2,1-2H3,(H,16,18)(H,13,14,15). The Bertz CT molecular complexity index is 560. The lowest BCUT2D eigenvalue weighted by Gasteiger charge is -2.26. The van der Waals surface area contributed by atoms with Crippen molar-refractivity contribution in [3.63, 3.8) is 0 Å². The number of aromatic amines is 1. The van der Waals surface area contributed by atoms with Crippen LogP contribution in [0.3, 0.4) is 0 Å². The molecule has 3 N–H and O–H groups in total. The van der Waals surface area contributed by atoms with Crippen molar-refractivity contribution in [1.29, 1.82) is 0 Å². The van der Waals surface area contributed by atoms with E-state index in [0.29, 0.717) is 23.1 Å². The van der Waals surface area contributed by atoms with Crippen LogP contribution in [0.5, 0.6) is 0 Å². The van der Waals surface area contributed by atoms with E-state index in [1.54, 1.807) is 19.2 Å². The number of nitrogens with zero attached hydrogens (tertiary/aromatic N) is 2. The Kier molecular flexibility index (Phi) is 3.29. The van der Waals surface area contributed by atoms with Crippen LogP contribution in [-0.4, -0.2) is 38.1 Å². The molecule has 0 aliphatic rings. The Morgan fingerprint density at radius 3 is 3.00 bits per heavy atom. The molecule has 0 spiro atoms. The van der Waals surface area contributed by atoms with E-state index in [9.17, 15) is 9.90 Å². The normalized spacial score (nSPS) is 14.4. The van der Waals surface area contributed by atoms with Crippen LogP contribution in [0.1, 0.15) is 30.8 Å². The second kappa shape index (κ2) is 4.73. The molecular formula is C12H16N4O2. The summed E-state index contributed by atoms with van der Waals surface area (Å²) in [5.41, 5.74) is 0.303. The molecule has 0 radical (unpaired) electrons. The summed E-state index contributed by atoms with van der Waals surface area (Å²) in [6.45, 7) is 3.58. The molecule has 1 atom stereocenters. The highest BCUT2D eigenvalue weighted by molar-refractivity contribution is 6.03. The molecule has 0 saturated carbocycles. The average Bonchev–Trinajstić information content (AvgIpc) is 2.86. The fraction of sp³-hybridized carbons (Fsp3) is 0.417. The van der Waals surface area contributed by atoms with Crippen LogP contribution in [0.4, 0.5) is 0 Å². The van der Waals surface area contributed by atoms with Crippen molar-refractivity contribution >= 4 is 16.9 Å². The second-order valence-corrected chi connectivity index (χ2v) is 4.49. The molecule has 2 heterocycles. The summed E-state index contributed by atoms with van der Waals surface area (Å²) in [4.78, 5) is 23.1. The monoisotopic (exact) mass is 248 g/mol. The largest absolute Gasteiger partial charge is 0.394 e. The van der Waals surface area contributed by atoms with Crippen molar-refractivity contribution < 1.29 is 9.90 Å². The number of H-pyrrole nitrogens is 1. The predicted molar refractivity (Wildman–Crippen MR) is 67.1 cm³/mol. The van der Waals surface area contributed by atoms with Gasteiger partial charge in [0.05, 0.1) is 17.5 Å². The smallest absolute Gasteiger partial charge is 0.271 e. The van der Waals surface area contributed by atoms with Gasteiger partial charge in [0.25, 0.3) is 5.91 Å². The fourth-order valence-electron chi connectivity index (χ4n) is 1.63. The molecular weight excluding hydrogens is 232 g/mol. The summed E-state index contributed by atoms with van der Waals surface area (Å²) in [6.07, 6.45) is 3.69. The number of hydrogen-bond acceptors (Lipinski definition) is 4. The Labute approximate surface area is 104 Å². The van der Waals surface area contributed by atoms with E-state index in [-0.39, 0.29) is 12.5 Å². The van der Waals surface area contributed by atoms with E-state index in [1.165, 1.54) is 6.33 Å². The van der Waals surface area contributed by atoms with Crippen LogP contribution in [0.15, 0.2) is 18.6 Å². The van der Waals surface area contributed by atoms with Gasteiger partial charge in [-0.2, -0.15) is 0 Å². The van der Waals surface area contributed by atoms with Gasteiger partial charge in [0.1, 0.15) is 17.7 Å². The van der Waals surface area contributed by atoms with Gasteiger partial charge in [-0.1, -0.05) is 6.92 Å². The van der Waals surface area contributed by atoms with Crippen LogP contribution >= 0.6 is 0 Å². The predicted octanol–water partition coefficient (Wildman–Crippen LogP) is 0.849. The minimum atomic E-state index is -0.634.